The number of nitrogens with two attached hydrogens (primary N) is 1. The SMILES string of the molecule is Cc1sc([C@H]2[C@H](CN)C2(C)C)cc1Br. The summed E-state index contributed by atoms with van der Waals surface area (Å²) in [5, 5.41) is 0. The average molecular weight is 274 g/mol. The summed E-state index contributed by atoms with van der Waals surface area (Å²) >= 11 is 5.47. The van der Waals surface area contributed by atoms with Gasteiger partial charge in [-0.2, -0.15) is 0 Å². The van der Waals surface area contributed by atoms with E-state index in [-0.39, 0.29) is 0 Å². The third-order valence-corrected chi connectivity index (χ3v) is 5.71. The van der Waals surface area contributed by atoms with Crippen molar-refractivity contribution in [2.24, 2.45) is 17.1 Å². The number of thiophene rings is 1. The van der Waals surface area contributed by atoms with Gasteiger partial charge >= 0.3 is 0 Å². The average Bonchev–Trinajstić information content (AvgIpc) is 2.50. The number of halogens is 1. The minimum Gasteiger partial charge on any atom is -0.330 e. The van der Waals surface area contributed by atoms with Crippen molar-refractivity contribution >= 4 is 27.3 Å². The Morgan fingerprint density at radius 1 is 1.57 bits per heavy atom. The van der Waals surface area contributed by atoms with Crippen LogP contribution in [0.4, 0.5) is 0 Å². The summed E-state index contributed by atoms with van der Waals surface area (Å²) in [6, 6.07) is 2.27. The molecule has 1 aromatic heterocycles. The third kappa shape index (κ3) is 1.46. The van der Waals surface area contributed by atoms with Crippen LogP contribution in [-0.2, 0) is 0 Å². The lowest BCUT2D eigenvalue weighted by atomic mass is 10.1. The van der Waals surface area contributed by atoms with Crippen molar-refractivity contribution in [3.05, 3.63) is 20.3 Å². The summed E-state index contributed by atoms with van der Waals surface area (Å²) in [7, 11) is 0. The van der Waals surface area contributed by atoms with Crippen molar-refractivity contribution < 1.29 is 0 Å². The molecule has 1 aliphatic rings. The van der Waals surface area contributed by atoms with Crippen LogP contribution in [0.5, 0.6) is 0 Å². The lowest BCUT2D eigenvalue weighted by molar-refractivity contribution is 0.559. The topological polar surface area (TPSA) is 26.0 Å². The summed E-state index contributed by atoms with van der Waals surface area (Å²) in [4.78, 5) is 2.87. The van der Waals surface area contributed by atoms with Gasteiger partial charge in [-0.25, -0.2) is 0 Å². The second-order valence-electron chi connectivity index (χ2n) is 4.69. The molecule has 78 valence electrons. The molecule has 0 radical (unpaired) electrons. The molecule has 0 unspecified atom stereocenters. The van der Waals surface area contributed by atoms with E-state index in [0.717, 1.165) is 6.54 Å². The van der Waals surface area contributed by atoms with Crippen LogP contribution < -0.4 is 5.73 Å². The van der Waals surface area contributed by atoms with Crippen LogP contribution in [-0.4, -0.2) is 6.54 Å². The first-order valence-corrected chi connectivity index (χ1v) is 6.55. The number of hydrogen-bond donors (Lipinski definition) is 1. The monoisotopic (exact) mass is 273 g/mol. The number of rotatable bonds is 2. The molecule has 1 aromatic rings. The highest BCUT2D eigenvalue weighted by molar-refractivity contribution is 9.10. The maximum Gasteiger partial charge on any atom is 0.0314 e. The first kappa shape index (κ1) is 10.7. The minimum atomic E-state index is 0.408. The Kier molecular flexibility index (Phi) is 2.53. The van der Waals surface area contributed by atoms with E-state index in [1.807, 2.05) is 11.3 Å². The number of hydrogen-bond acceptors (Lipinski definition) is 2. The summed E-state index contributed by atoms with van der Waals surface area (Å²) in [5.74, 6) is 1.36. The van der Waals surface area contributed by atoms with Crippen LogP contribution in [0, 0.1) is 18.3 Å². The normalized spacial score (nSPS) is 29.2. The van der Waals surface area contributed by atoms with Crippen LogP contribution in [0.15, 0.2) is 10.5 Å². The molecule has 0 bridgehead atoms. The predicted molar refractivity (Wildman–Crippen MR) is 65.8 cm³/mol. The maximum atomic E-state index is 5.77. The largest absolute Gasteiger partial charge is 0.330 e. The molecule has 1 aliphatic carbocycles. The van der Waals surface area contributed by atoms with Crippen LogP contribution in [0.1, 0.15) is 29.5 Å². The Morgan fingerprint density at radius 2 is 2.21 bits per heavy atom. The van der Waals surface area contributed by atoms with Gasteiger partial charge in [-0.15, -0.1) is 11.3 Å². The molecule has 3 heteroatoms. The standard InChI is InChI=1S/C11H16BrNS/c1-6-8(12)4-9(14-6)10-7(5-13)11(10,2)3/h4,7,10H,5,13H2,1-3H3/t7-,10+/m0/s1. The minimum absolute atomic E-state index is 0.408. The van der Waals surface area contributed by atoms with E-state index < -0.39 is 0 Å². The van der Waals surface area contributed by atoms with E-state index in [1.54, 1.807) is 0 Å². The van der Waals surface area contributed by atoms with E-state index in [2.05, 4.69) is 42.8 Å². The van der Waals surface area contributed by atoms with Gasteiger partial charge < -0.3 is 5.73 Å². The Morgan fingerprint density at radius 3 is 2.57 bits per heavy atom. The lowest BCUT2D eigenvalue weighted by Gasteiger charge is -1.98. The van der Waals surface area contributed by atoms with Gasteiger partial charge in [-0.1, -0.05) is 13.8 Å². The molecule has 1 heterocycles. The fraction of sp³-hybridized carbons (Fsp3) is 0.636. The van der Waals surface area contributed by atoms with Crippen molar-refractivity contribution in [2.45, 2.75) is 26.7 Å². The fourth-order valence-corrected chi connectivity index (χ4v) is 4.31. The van der Waals surface area contributed by atoms with Crippen molar-refractivity contribution in [1.82, 2.24) is 0 Å². The Bertz CT molecular complexity index is 337. The van der Waals surface area contributed by atoms with Gasteiger partial charge in [-0.3, -0.25) is 0 Å². The van der Waals surface area contributed by atoms with Gasteiger partial charge in [0.1, 0.15) is 0 Å². The molecule has 2 N–H and O–H groups in total. The molecule has 2 atom stereocenters. The third-order valence-electron chi connectivity index (χ3n) is 3.49. The molecule has 1 nitrogen and oxygen atoms in total. The molecular weight excluding hydrogens is 258 g/mol. The first-order valence-electron chi connectivity index (χ1n) is 4.94. The van der Waals surface area contributed by atoms with Gasteiger partial charge in [0.25, 0.3) is 0 Å². The maximum absolute atomic E-state index is 5.77. The van der Waals surface area contributed by atoms with Crippen molar-refractivity contribution in [3.63, 3.8) is 0 Å². The van der Waals surface area contributed by atoms with E-state index in [1.165, 1.54) is 14.2 Å². The molecule has 1 fully saturated rings. The van der Waals surface area contributed by atoms with Gasteiger partial charge in [0.05, 0.1) is 0 Å². The highest BCUT2D eigenvalue weighted by Crippen LogP contribution is 2.65. The van der Waals surface area contributed by atoms with E-state index in [0.29, 0.717) is 17.3 Å². The Labute approximate surface area is 97.8 Å². The van der Waals surface area contributed by atoms with Crippen LogP contribution >= 0.6 is 27.3 Å². The zero-order valence-corrected chi connectivity index (χ0v) is 11.2. The van der Waals surface area contributed by atoms with E-state index in [4.69, 9.17) is 5.73 Å². The fourth-order valence-electron chi connectivity index (χ4n) is 2.38. The summed E-state index contributed by atoms with van der Waals surface area (Å²) in [6.07, 6.45) is 0. The molecular formula is C11H16BrNS. The van der Waals surface area contributed by atoms with E-state index >= 15 is 0 Å². The highest BCUT2D eigenvalue weighted by atomic mass is 79.9. The molecule has 0 aliphatic heterocycles. The molecule has 0 saturated heterocycles. The Balaban J connectivity index is 2.26. The van der Waals surface area contributed by atoms with Crippen molar-refractivity contribution in [3.8, 4) is 0 Å². The summed E-state index contributed by atoms with van der Waals surface area (Å²) in [6.45, 7) is 7.60. The number of aryl methyl sites for hydroxylation is 1. The lowest BCUT2D eigenvalue weighted by Crippen LogP contribution is -2.05. The van der Waals surface area contributed by atoms with Gasteiger partial charge in [0, 0.05) is 20.1 Å². The summed E-state index contributed by atoms with van der Waals surface area (Å²) in [5.41, 5.74) is 6.18. The molecule has 1 saturated carbocycles. The van der Waals surface area contributed by atoms with Gasteiger partial charge in [0.2, 0.25) is 0 Å². The smallest absolute Gasteiger partial charge is 0.0314 e. The predicted octanol–water partition coefficient (Wildman–Crippen LogP) is 3.52. The molecule has 0 aromatic carbocycles. The molecule has 14 heavy (non-hydrogen) atoms. The summed E-state index contributed by atoms with van der Waals surface area (Å²) < 4.78 is 1.25. The zero-order chi connectivity index (χ0) is 10.5. The van der Waals surface area contributed by atoms with Gasteiger partial charge in [0.15, 0.2) is 0 Å². The van der Waals surface area contributed by atoms with E-state index in [9.17, 15) is 0 Å². The van der Waals surface area contributed by atoms with Gasteiger partial charge in [-0.05, 0) is 46.8 Å². The zero-order valence-electron chi connectivity index (χ0n) is 8.80. The van der Waals surface area contributed by atoms with Crippen LogP contribution in [0.25, 0.3) is 0 Å². The van der Waals surface area contributed by atoms with Crippen molar-refractivity contribution in [1.29, 1.82) is 0 Å². The van der Waals surface area contributed by atoms with Crippen molar-refractivity contribution in [2.75, 3.05) is 6.54 Å². The molecule has 0 amide bonds. The quantitative estimate of drug-likeness (QED) is 0.877. The molecule has 2 rings (SSSR count). The second-order valence-corrected chi connectivity index (χ2v) is 6.84. The molecule has 0 spiro atoms. The van der Waals surface area contributed by atoms with Crippen LogP contribution in [0.3, 0.4) is 0 Å². The highest BCUT2D eigenvalue weighted by Gasteiger charge is 2.57. The Hall–Kier alpha value is 0.140. The van der Waals surface area contributed by atoms with Crippen LogP contribution in [0.2, 0.25) is 0 Å². The first-order chi connectivity index (χ1) is 6.48. The second kappa shape index (κ2) is 3.32.